The number of hydrogen-bond acceptors (Lipinski definition) is 2. The van der Waals surface area contributed by atoms with Crippen LogP contribution >= 0.6 is 0 Å². The standard InChI is InChI=1S/C8H15NO/c9-8-3-1-7(5-8,6-10)2-4-8/h10H,1-6,9H2. The summed E-state index contributed by atoms with van der Waals surface area (Å²) in [5.74, 6) is 0. The van der Waals surface area contributed by atoms with Crippen LogP contribution in [0.5, 0.6) is 0 Å². The number of fused-ring (bicyclic) bond motifs is 2. The first-order chi connectivity index (χ1) is 4.68. The van der Waals surface area contributed by atoms with Gasteiger partial charge in [-0.15, -0.1) is 0 Å². The van der Waals surface area contributed by atoms with Gasteiger partial charge in [-0.1, -0.05) is 0 Å². The molecule has 2 saturated carbocycles. The van der Waals surface area contributed by atoms with Gasteiger partial charge in [0.1, 0.15) is 0 Å². The average Bonchev–Trinajstić information content (AvgIpc) is 2.42. The van der Waals surface area contributed by atoms with Gasteiger partial charge in [0.15, 0.2) is 0 Å². The third-order valence-corrected chi connectivity index (χ3v) is 3.37. The van der Waals surface area contributed by atoms with Crippen molar-refractivity contribution in [2.45, 2.75) is 37.6 Å². The van der Waals surface area contributed by atoms with E-state index in [0.29, 0.717) is 6.61 Å². The van der Waals surface area contributed by atoms with Crippen LogP contribution in [0.15, 0.2) is 0 Å². The highest BCUT2D eigenvalue weighted by atomic mass is 16.3. The molecule has 0 aliphatic heterocycles. The van der Waals surface area contributed by atoms with Gasteiger partial charge in [-0.05, 0) is 37.5 Å². The average molecular weight is 141 g/mol. The van der Waals surface area contributed by atoms with E-state index in [1.165, 1.54) is 0 Å². The number of nitrogens with two attached hydrogens (primary N) is 1. The minimum absolute atomic E-state index is 0.114. The number of aliphatic hydroxyl groups is 1. The highest BCUT2D eigenvalue weighted by Crippen LogP contribution is 2.54. The predicted octanol–water partition coefficient (Wildman–Crippen LogP) is 0.640. The highest BCUT2D eigenvalue weighted by molar-refractivity contribution is 5.07. The summed E-state index contributed by atoms with van der Waals surface area (Å²) < 4.78 is 0. The molecule has 2 nitrogen and oxygen atoms in total. The minimum atomic E-state index is 0.114. The lowest BCUT2D eigenvalue weighted by atomic mass is 9.85. The molecule has 0 saturated heterocycles. The van der Waals surface area contributed by atoms with Gasteiger partial charge >= 0.3 is 0 Å². The molecule has 10 heavy (non-hydrogen) atoms. The molecule has 0 aromatic carbocycles. The second-order valence-electron chi connectivity index (χ2n) is 4.20. The van der Waals surface area contributed by atoms with Gasteiger partial charge in [-0.2, -0.15) is 0 Å². The van der Waals surface area contributed by atoms with Crippen molar-refractivity contribution in [2.24, 2.45) is 11.1 Å². The van der Waals surface area contributed by atoms with Crippen LogP contribution in [-0.2, 0) is 0 Å². The van der Waals surface area contributed by atoms with Gasteiger partial charge in [-0.25, -0.2) is 0 Å². The molecule has 0 heterocycles. The van der Waals surface area contributed by atoms with Crippen molar-refractivity contribution in [2.75, 3.05) is 6.61 Å². The molecule has 3 N–H and O–H groups in total. The fraction of sp³-hybridized carbons (Fsp3) is 1.00. The van der Waals surface area contributed by atoms with E-state index < -0.39 is 0 Å². The van der Waals surface area contributed by atoms with Gasteiger partial charge in [0.2, 0.25) is 0 Å². The molecule has 2 bridgehead atoms. The maximum absolute atomic E-state index is 9.10. The van der Waals surface area contributed by atoms with E-state index in [9.17, 15) is 0 Å². The quantitative estimate of drug-likeness (QED) is 0.563. The third kappa shape index (κ3) is 0.722. The molecule has 2 aliphatic carbocycles. The Balaban J connectivity index is 2.19. The van der Waals surface area contributed by atoms with Gasteiger partial charge in [-0.3, -0.25) is 0 Å². The van der Waals surface area contributed by atoms with E-state index >= 15 is 0 Å². The smallest absolute Gasteiger partial charge is 0.0488 e. The van der Waals surface area contributed by atoms with Crippen molar-refractivity contribution >= 4 is 0 Å². The summed E-state index contributed by atoms with van der Waals surface area (Å²) >= 11 is 0. The van der Waals surface area contributed by atoms with Gasteiger partial charge in [0.05, 0.1) is 0 Å². The molecule has 2 aliphatic rings. The van der Waals surface area contributed by atoms with Crippen LogP contribution in [0.4, 0.5) is 0 Å². The molecule has 2 heteroatoms. The fourth-order valence-corrected chi connectivity index (χ4v) is 2.59. The molecule has 0 amide bonds. The summed E-state index contributed by atoms with van der Waals surface area (Å²) in [6.45, 7) is 0.353. The molecular formula is C8H15NO. The number of hydrogen-bond donors (Lipinski definition) is 2. The van der Waals surface area contributed by atoms with E-state index in [-0.39, 0.29) is 11.0 Å². The Labute approximate surface area is 61.4 Å². The van der Waals surface area contributed by atoms with Crippen molar-refractivity contribution in [1.82, 2.24) is 0 Å². The number of aliphatic hydroxyl groups excluding tert-OH is 1. The minimum Gasteiger partial charge on any atom is -0.396 e. The summed E-state index contributed by atoms with van der Waals surface area (Å²) in [7, 11) is 0. The molecular weight excluding hydrogens is 126 g/mol. The monoisotopic (exact) mass is 141 g/mol. The summed E-state index contributed by atoms with van der Waals surface area (Å²) in [4.78, 5) is 0. The van der Waals surface area contributed by atoms with Crippen LogP contribution in [0.1, 0.15) is 32.1 Å². The fourth-order valence-electron chi connectivity index (χ4n) is 2.59. The maximum atomic E-state index is 9.10. The zero-order chi connectivity index (χ0) is 7.24. The normalized spacial score (nSPS) is 52.2. The van der Waals surface area contributed by atoms with Crippen LogP contribution < -0.4 is 5.73 Å². The van der Waals surface area contributed by atoms with Gasteiger partial charge in [0.25, 0.3) is 0 Å². The second kappa shape index (κ2) is 1.74. The Hall–Kier alpha value is -0.0800. The van der Waals surface area contributed by atoms with Crippen molar-refractivity contribution in [3.63, 3.8) is 0 Å². The SMILES string of the molecule is NC12CCC(CO)(CC1)C2. The zero-order valence-electron chi connectivity index (χ0n) is 6.27. The van der Waals surface area contributed by atoms with E-state index in [4.69, 9.17) is 10.8 Å². The van der Waals surface area contributed by atoms with Crippen LogP contribution in [0.25, 0.3) is 0 Å². The first-order valence-corrected chi connectivity index (χ1v) is 4.08. The molecule has 0 radical (unpaired) electrons. The Morgan fingerprint density at radius 2 is 1.80 bits per heavy atom. The second-order valence-corrected chi connectivity index (χ2v) is 4.20. The molecule has 2 rings (SSSR count). The summed E-state index contributed by atoms with van der Waals surface area (Å²) in [5.41, 5.74) is 6.41. The largest absolute Gasteiger partial charge is 0.396 e. The summed E-state index contributed by atoms with van der Waals surface area (Å²) in [6, 6.07) is 0. The van der Waals surface area contributed by atoms with E-state index in [1.54, 1.807) is 0 Å². The summed E-state index contributed by atoms with van der Waals surface area (Å²) in [5, 5.41) is 9.10. The van der Waals surface area contributed by atoms with Crippen molar-refractivity contribution in [3.8, 4) is 0 Å². The Morgan fingerprint density at radius 3 is 2.00 bits per heavy atom. The maximum Gasteiger partial charge on any atom is 0.0488 e. The van der Waals surface area contributed by atoms with Crippen molar-refractivity contribution < 1.29 is 5.11 Å². The topological polar surface area (TPSA) is 46.2 Å². The molecule has 0 unspecified atom stereocenters. The zero-order valence-corrected chi connectivity index (χ0v) is 6.27. The molecule has 0 atom stereocenters. The Bertz CT molecular complexity index is 147. The lowest BCUT2D eigenvalue weighted by Gasteiger charge is -2.23. The van der Waals surface area contributed by atoms with Crippen molar-refractivity contribution in [1.29, 1.82) is 0 Å². The van der Waals surface area contributed by atoms with E-state index in [1.807, 2.05) is 0 Å². The highest BCUT2D eigenvalue weighted by Gasteiger charge is 2.51. The lowest BCUT2D eigenvalue weighted by molar-refractivity contribution is 0.133. The Kier molecular flexibility index (Phi) is 1.15. The Morgan fingerprint density at radius 1 is 1.20 bits per heavy atom. The van der Waals surface area contributed by atoms with Crippen molar-refractivity contribution in [3.05, 3.63) is 0 Å². The van der Waals surface area contributed by atoms with Crippen LogP contribution in [-0.4, -0.2) is 17.3 Å². The molecule has 0 aromatic heterocycles. The lowest BCUT2D eigenvalue weighted by Crippen LogP contribution is -2.33. The van der Waals surface area contributed by atoms with E-state index in [2.05, 4.69) is 0 Å². The van der Waals surface area contributed by atoms with Crippen LogP contribution in [0, 0.1) is 5.41 Å². The predicted molar refractivity (Wildman–Crippen MR) is 39.5 cm³/mol. The summed E-state index contributed by atoms with van der Waals surface area (Å²) in [6.07, 6.45) is 5.64. The first kappa shape index (κ1) is 6.62. The third-order valence-electron chi connectivity index (χ3n) is 3.37. The van der Waals surface area contributed by atoms with Crippen LogP contribution in [0.2, 0.25) is 0 Å². The molecule has 2 fully saturated rings. The van der Waals surface area contributed by atoms with E-state index in [0.717, 1.165) is 32.1 Å². The number of rotatable bonds is 1. The first-order valence-electron chi connectivity index (χ1n) is 4.08. The van der Waals surface area contributed by atoms with Crippen LogP contribution in [0.3, 0.4) is 0 Å². The molecule has 0 aromatic rings. The molecule has 58 valence electrons. The van der Waals surface area contributed by atoms with Gasteiger partial charge < -0.3 is 10.8 Å². The van der Waals surface area contributed by atoms with Gasteiger partial charge in [0, 0.05) is 12.1 Å². The molecule has 0 spiro atoms.